The maximum absolute atomic E-state index is 12.7. The topological polar surface area (TPSA) is 198 Å². The van der Waals surface area contributed by atoms with Crippen molar-refractivity contribution in [3.8, 4) is 22.8 Å². The van der Waals surface area contributed by atoms with Crippen LogP contribution in [0.1, 0.15) is 0 Å². The lowest BCUT2D eigenvalue weighted by Crippen LogP contribution is -2.45. The summed E-state index contributed by atoms with van der Waals surface area (Å²) in [5, 5.41) is 0.685. The highest BCUT2D eigenvalue weighted by Crippen LogP contribution is 2.39. The van der Waals surface area contributed by atoms with E-state index in [1.165, 1.54) is 19.2 Å². The molecule has 0 unspecified atom stereocenters. The summed E-state index contributed by atoms with van der Waals surface area (Å²) in [5.41, 5.74) is 10.2. The van der Waals surface area contributed by atoms with Gasteiger partial charge in [0.15, 0.2) is 5.82 Å². The molecule has 1 aromatic heterocycles. The minimum atomic E-state index is -4.96. The summed E-state index contributed by atoms with van der Waals surface area (Å²) < 4.78 is 52.3. The number of hydrogen-bond acceptors (Lipinski definition) is 9. The summed E-state index contributed by atoms with van der Waals surface area (Å²) in [4.78, 5) is 31.0. The lowest BCUT2D eigenvalue weighted by molar-refractivity contribution is -0.274. The van der Waals surface area contributed by atoms with Crippen molar-refractivity contribution in [1.29, 1.82) is 0 Å². The van der Waals surface area contributed by atoms with Crippen molar-refractivity contribution in [2.75, 3.05) is 30.3 Å². The predicted molar refractivity (Wildman–Crippen MR) is 104 cm³/mol. The summed E-state index contributed by atoms with van der Waals surface area (Å²) in [5.74, 6) is 9.31. The first-order chi connectivity index (χ1) is 14.9. The number of rotatable bonds is 8. The Morgan fingerprint density at radius 2 is 1.72 bits per heavy atom. The van der Waals surface area contributed by atoms with Crippen LogP contribution >= 0.6 is 0 Å². The number of carbonyl (C=O) groups is 2. The fraction of sp³-hybridized carbons (Fsp3) is 0.250. The Hall–Kier alpha value is -3.89. The second-order valence-electron chi connectivity index (χ2n) is 5.86. The molecule has 0 aliphatic rings. The van der Waals surface area contributed by atoms with E-state index in [9.17, 15) is 22.8 Å². The molecule has 16 heteroatoms. The lowest BCUT2D eigenvalue weighted by Gasteiger charge is -2.22. The third-order valence-corrected chi connectivity index (χ3v) is 3.65. The molecule has 2 aromatic rings. The van der Waals surface area contributed by atoms with Crippen LogP contribution in [0.4, 0.5) is 34.5 Å². The van der Waals surface area contributed by atoms with Gasteiger partial charge in [0.25, 0.3) is 5.95 Å². The number of nitrogens with zero attached hydrogens (tertiary/aromatic N) is 4. The van der Waals surface area contributed by atoms with Gasteiger partial charge in [-0.25, -0.2) is 26.3 Å². The van der Waals surface area contributed by atoms with Crippen molar-refractivity contribution in [3.63, 3.8) is 0 Å². The van der Waals surface area contributed by atoms with Gasteiger partial charge in [-0.15, -0.1) is 13.2 Å². The molecule has 0 aliphatic carbocycles. The van der Waals surface area contributed by atoms with Crippen LogP contribution in [0.5, 0.6) is 11.6 Å². The molecular formula is C16H19F3N8O5. The van der Waals surface area contributed by atoms with Gasteiger partial charge in [0.1, 0.15) is 12.4 Å². The fourth-order valence-electron chi connectivity index (χ4n) is 2.33. The highest BCUT2D eigenvalue weighted by atomic mass is 19.4. The molecule has 32 heavy (non-hydrogen) atoms. The summed E-state index contributed by atoms with van der Waals surface area (Å²) in [6.45, 7) is -0.0178. The van der Waals surface area contributed by atoms with Crippen LogP contribution in [0.15, 0.2) is 24.3 Å². The average Bonchev–Trinajstić information content (AvgIpc) is 2.71. The van der Waals surface area contributed by atoms with Gasteiger partial charge in [-0.1, -0.05) is 12.1 Å². The van der Waals surface area contributed by atoms with Crippen molar-refractivity contribution >= 4 is 23.8 Å². The minimum absolute atomic E-state index is 0.0000586. The summed E-state index contributed by atoms with van der Waals surface area (Å²) in [7, 11) is 1.39. The number of primary amides is 2. The van der Waals surface area contributed by atoms with Gasteiger partial charge in [0, 0.05) is 7.11 Å². The largest absolute Gasteiger partial charge is 0.573 e. The Kier molecular flexibility index (Phi) is 7.58. The molecule has 8 N–H and O–H groups in total. The van der Waals surface area contributed by atoms with Gasteiger partial charge in [-0.05, 0) is 17.7 Å². The van der Waals surface area contributed by atoms with Crippen molar-refractivity contribution in [1.82, 2.24) is 9.97 Å². The molecule has 0 bridgehead atoms. The molecule has 174 valence electrons. The third kappa shape index (κ3) is 6.06. The summed E-state index contributed by atoms with van der Waals surface area (Å²) in [6.07, 6.45) is -4.96. The Bertz CT molecular complexity index is 991. The number of nitrogens with two attached hydrogens (primary N) is 4. The zero-order valence-corrected chi connectivity index (χ0v) is 16.5. The number of aromatic nitrogens is 2. The molecule has 1 heterocycles. The first-order valence-electron chi connectivity index (χ1n) is 8.53. The first kappa shape index (κ1) is 24.4. The van der Waals surface area contributed by atoms with Crippen LogP contribution in [0.2, 0.25) is 0 Å². The van der Waals surface area contributed by atoms with Crippen molar-refractivity contribution in [3.05, 3.63) is 24.3 Å². The molecule has 0 saturated carbocycles. The van der Waals surface area contributed by atoms with Crippen LogP contribution in [-0.4, -0.2) is 48.7 Å². The van der Waals surface area contributed by atoms with Crippen molar-refractivity contribution in [2.24, 2.45) is 23.2 Å². The Labute approximate surface area is 178 Å². The van der Waals surface area contributed by atoms with Gasteiger partial charge >= 0.3 is 18.4 Å². The van der Waals surface area contributed by atoms with Crippen molar-refractivity contribution in [2.45, 2.75) is 6.36 Å². The van der Waals surface area contributed by atoms with E-state index in [2.05, 4.69) is 14.7 Å². The van der Waals surface area contributed by atoms with Crippen LogP contribution in [-0.2, 0) is 4.74 Å². The van der Waals surface area contributed by atoms with Gasteiger partial charge in [-0.2, -0.15) is 15.0 Å². The lowest BCUT2D eigenvalue weighted by atomic mass is 10.1. The van der Waals surface area contributed by atoms with E-state index in [1.54, 1.807) is 0 Å². The molecule has 2 rings (SSSR count). The zero-order valence-electron chi connectivity index (χ0n) is 16.5. The van der Waals surface area contributed by atoms with Crippen LogP contribution in [0, 0.1) is 0 Å². The first-order valence-corrected chi connectivity index (χ1v) is 8.53. The number of hydrogen-bond donors (Lipinski definition) is 4. The number of anilines is 2. The Balaban J connectivity index is 2.75. The molecule has 0 aliphatic heterocycles. The number of methoxy groups -OCH3 is 1. The predicted octanol–water partition coefficient (Wildman–Crippen LogP) is 0.585. The van der Waals surface area contributed by atoms with Gasteiger partial charge in [-0.3, -0.25) is 0 Å². The SMILES string of the molecule is COCCOc1nc(N(N)C(N)=O)nc(N(N)C(N)=O)c1-c1cccc(OC(F)(F)F)c1. The number of hydrazine groups is 2. The normalized spacial score (nSPS) is 11.1. The maximum Gasteiger partial charge on any atom is 0.573 e. The van der Waals surface area contributed by atoms with E-state index in [0.29, 0.717) is 10.0 Å². The Morgan fingerprint density at radius 3 is 2.28 bits per heavy atom. The standard InChI is InChI=1S/C16H19F3N8O5/c1-30-5-6-31-12-10(8-3-2-4-9(7-8)32-16(17,18)19)11(26(22)13(20)28)24-15(25-12)27(23)14(21)29/h2-4,7H,5-6,22-23H2,1H3,(H2,20,28)(H2,21,29). The second kappa shape index (κ2) is 9.94. The van der Waals surface area contributed by atoms with Gasteiger partial charge < -0.3 is 25.7 Å². The van der Waals surface area contributed by atoms with E-state index < -0.39 is 35.9 Å². The number of urea groups is 2. The van der Waals surface area contributed by atoms with Crippen molar-refractivity contribution < 1.29 is 37.0 Å². The number of amides is 4. The third-order valence-electron chi connectivity index (χ3n) is 3.65. The number of halogens is 3. The zero-order chi connectivity index (χ0) is 24.1. The number of alkyl halides is 3. The Morgan fingerprint density at radius 1 is 1.06 bits per heavy atom. The smallest absolute Gasteiger partial charge is 0.475 e. The van der Waals surface area contributed by atoms with Crippen LogP contribution in [0.3, 0.4) is 0 Å². The summed E-state index contributed by atoms with van der Waals surface area (Å²) in [6, 6.07) is 2.22. The highest BCUT2D eigenvalue weighted by molar-refractivity contribution is 5.96. The monoisotopic (exact) mass is 460 g/mol. The second-order valence-corrected chi connectivity index (χ2v) is 5.86. The van der Waals surface area contributed by atoms with E-state index in [1.807, 2.05) is 0 Å². The number of ether oxygens (including phenoxy) is 3. The van der Waals surface area contributed by atoms with Gasteiger partial charge in [0.05, 0.1) is 12.2 Å². The minimum Gasteiger partial charge on any atom is -0.475 e. The van der Waals surface area contributed by atoms with Crippen LogP contribution < -0.4 is 42.6 Å². The average molecular weight is 460 g/mol. The molecule has 0 saturated heterocycles. The quantitative estimate of drug-likeness (QED) is 0.188. The molecule has 13 nitrogen and oxygen atoms in total. The van der Waals surface area contributed by atoms with E-state index in [-0.39, 0.29) is 30.2 Å². The summed E-state index contributed by atoms with van der Waals surface area (Å²) >= 11 is 0. The maximum atomic E-state index is 12.7. The number of carbonyl (C=O) groups excluding carboxylic acids is 2. The van der Waals surface area contributed by atoms with E-state index in [0.717, 1.165) is 12.1 Å². The molecule has 0 atom stereocenters. The molecular weight excluding hydrogens is 441 g/mol. The van der Waals surface area contributed by atoms with E-state index in [4.69, 9.17) is 32.6 Å². The van der Waals surface area contributed by atoms with Crippen LogP contribution in [0.25, 0.3) is 11.1 Å². The highest BCUT2D eigenvalue weighted by Gasteiger charge is 2.32. The molecule has 1 aromatic carbocycles. The molecule has 4 amide bonds. The van der Waals surface area contributed by atoms with Gasteiger partial charge in [0.2, 0.25) is 5.88 Å². The molecule has 0 fully saturated rings. The molecule has 0 spiro atoms. The molecule has 0 radical (unpaired) electrons. The number of benzene rings is 1. The fourth-order valence-corrected chi connectivity index (χ4v) is 2.33. The van der Waals surface area contributed by atoms with E-state index >= 15 is 0 Å².